The highest BCUT2D eigenvalue weighted by molar-refractivity contribution is 9.08. The van der Waals surface area contributed by atoms with Crippen LogP contribution in [0.4, 0.5) is 8.78 Å². The molecule has 3 nitrogen and oxygen atoms in total. The number of nitrogens with zero attached hydrogens (tertiary/aromatic N) is 2. The van der Waals surface area contributed by atoms with Crippen molar-refractivity contribution in [2.45, 2.75) is 18.2 Å². The summed E-state index contributed by atoms with van der Waals surface area (Å²) < 4.78 is 30.3. The van der Waals surface area contributed by atoms with Gasteiger partial charge in [0.2, 0.25) is 0 Å². The summed E-state index contributed by atoms with van der Waals surface area (Å²) >= 11 is 3.11. The fourth-order valence-electron chi connectivity index (χ4n) is 1.26. The van der Waals surface area contributed by atoms with Gasteiger partial charge in [-0.25, -0.2) is 13.8 Å². The molecule has 86 valence electrons. The number of aromatic nitrogens is 1. The molecule has 0 aromatic carbocycles. The first-order valence-corrected chi connectivity index (χ1v) is 5.54. The van der Waals surface area contributed by atoms with Gasteiger partial charge in [0.1, 0.15) is 11.4 Å². The molecule has 1 heterocycles. The smallest absolute Gasteiger partial charge is 0.280 e. The molecule has 0 spiro atoms. The molecule has 0 saturated carbocycles. The number of halogens is 3. The topological polar surface area (TPSA) is 45.9 Å². The van der Waals surface area contributed by atoms with Crippen LogP contribution in [0.3, 0.4) is 0 Å². The number of rotatable bonds is 4. The molecule has 1 rings (SSSR count). The molecule has 0 radical (unpaired) electrons. The molecular weight excluding hydrogens is 282 g/mol. The normalized spacial score (nSPS) is 10.2. The van der Waals surface area contributed by atoms with E-state index < -0.39 is 6.43 Å². The second-order valence-electron chi connectivity index (χ2n) is 2.95. The van der Waals surface area contributed by atoms with Gasteiger partial charge in [-0.05, 0) is 11.6 Å². The molecule has 1 aromatic heterocycles. The summed E-state index contributed by atoms with van der Waals surface area (Å²) in [6.45, 7) is 0. The van der Waals surface area contributed by atoms with Gasteiger partial charge in [-0.2, -0.15) is 5.26 Å². The molecule has 0 aliphatic carbocycles. The summed E-state index contributed by atoms with van der Waals surface area (Å²) in [6.07, 6.45) is -2.71. The second-order valence-corrected chi connectivity index (χ2v) is 3.51. The molecule has 6 heteroatoms. The maximum Gasteiger partial charge on any atom is 0.280 e. The van der Waals surface area contributed by atoms with Crippen molar-refractivity contribution in [3.05, 3.63) is 23.0 Å². The average molecular weight is 291 g/mol. The number of pyridine rings is 1. The Morgan fingerprint density at radius 2 is 2.31 bits per heavy atom. The van der Waals surface area contributed by atoms with Crippen LogP contribution in [0.5, 0.6) is 5.75 Å². The third-order valence-electron chi connectivity index (χ3n) is 1.99. The standard InChI is InChI=1S/C10H9BrF2N2O/c1-16-8-4-6(5-11)9(10(12)13)15-7(8)2-3-14/h4,10H,2,5H2,1H3. The average Bonchev–Trinajstić information content (AvgIpc) is 2.28. The molecule has 0 atom stereocenters. The highest BCUT2D eigenvalue weighted by Crippen LogP contribution is 2.28. The minimum absolute atomic E-state index is 0.0501. The lowest BCUT2D eigenvalue weighted by atomic mass is 10.1. The first-order valence-electron chi connectivity index (χ1n) is 4.41. The van der Waals surface area contributed by atoms with E-state index in [1.165, 1.54) is 13.2 Å². The van der Waals surface area contributed by atoms with Gasteiger partial charge in [-0.1, -0.05) is 15.9 Å². The van der Waals surface area contributed by atoms with Gasteiger partial charge >= 0.3 is 0 Å². The Hall–Kier alpha value is -1.22. The van der Waals surface area contributed by atoms with Crippen molar-refractivity contribution >= 4 is 15.9 Å². The van der Waals surface area contributed by atoms with Gasteiger partial charge in [0, 0.05) is 5.33 Å². The van der Waals surface area contributed by atoms with E-state index in [1.807, 2.05) is 6.07 Å². The fourth-order valence-corrected chi connectivity index (χ4v) is 1.71. The third-order valence-corrected chi connectivity index (χ3v) is 2.60. The van der Waals surface area contributed by atoms with Crippen molar-refractivity contribution in [2.24, 2.45) is 0 Å². The summed E-state index contributed by atoms with van der Waals surface area (Å²) in [5.74, 6) is 0.361. The fraction of sp³-hybridized carbons (Fsp3) is 0.400. The predicted octanol–water partition coefficient (Wildman–Crippen LogP) is 2.99. The van der Waals surface area contributed by atoms with Gasteiger partial charge in [0.25, 0.3) is 6.43 Å². The van der Waals surface area contributed by atoms with Crippen LogP contribution < -0.4 is 4.74 Å². The zero-order valence-electron chi connectivity index (χ0n) is 8.51. The van der Waals surface area contributed by atoms with Crippen LogP contribution in [0.15, 0.2) is 6.07 Å². The first-order chi connectivity index (χ1) is 7.63. The Labute approximate surface area is 100 Å². The lowest BCUT2D eigenvalue weighted by Crippen LogP contribution is -2.03. The van der Waals surface area contributed by atoms with Crippen LogP contribution in [0, 0.1) is 11.3 Å². The lowest BCUT2D eigenvalue weighted by Gasteiger charge is -2.11. The van der Waals surface area contributed by atoms with Crippen LogP contribution >= 0.6 is 15.9 Å². The van der Waals surface area contributed by atoms with Crippen LogP contribution in [-0.4, -0.2) is 12.1 Å². The van der Waals surface area contributed by atoms with Crippen LogP contribution in [0.1, 0.15) is 23.4 Å². The summed E-state index contributed by atoms with van der Waals surface area (Å²) in [5.41, 5.74) is 0.307. The number of hydrogen-bond acceptors (Lipinski definition) is 3. The second kappa shape index (κ2) is 5.75. The molecular formula is C10H9BrF2N2O. The Bertz CT molecular complexity index is 418. The summed E-state index contributed by atoms with van der Waals surface area (Å²) in [7, 11) is 1.41. The molecule has 0 bridgehead atoms. The SMILES string of the molecule is COc1cc(CBr)c(C(F)F)nc1CC#N. The maximum atomic E-state index is 12.7. The molecule has 0 amide bonds. The number of nitriles is 1. The molecule has 0 aliphatic heterocycles. The zero-order valence-corrected chi connectivity index (χ0v) is 10.1. The maximum absolute atomic E-state index is 12.7. The number of alkyl halides is 3. The van der Waals surface area contributed by atoms with E-state index in [-0.39, 0.29) is 23.1 Å². The van der Waals surface area contributed by atoms with Crippen molar-refractivity contribution in [1.82, 2.24) is 4.98 Å². The number of hydrogen-bond donors (Lipinski definition) is 0. The molecule has 1 aromatic rings. The largest absolute Gasteiger partial charge is 0.495 e. The zero-order chi connectivity index (χ0) is 12.1. The van der Waals surface area contributed by atoms with Gasteiger partial charge < -0.3 is 4.74 Å². The van der Waals surface area contributed by atoms with E-state index in [2.05, 4.69) is 20.9 Å². The van der Waals surface area contributed by atoms with Crippen LogP contribution in [0.25, 0.3) is 0 Å². The Morgan fingerprint density at radius 1 is 1.62 bits per heavy atom. The van der Waals surface area contributed by atoms with E-state index in [0.717, 1.165) is 0 Å². The number of ether oxygens (including phenoxy) is 1. The minimum atomic E-state index is -2.66. The quantitative estimate of drug-likeness (QED) is 0.801. The Kier molecular flexibility index (Phi) is 4.62. The van der Waals surface area contributed by atoms with Gasteiger partial charge in [0.15, 0.2) is 0 Å². The molecule has 0 saturated heterocycles. The first kappa shape index (κ1) is 12.8. The van der Waals surface area contributed by atoms with E-state index >= 15 is 0 Å². The van der Waals surface area contributed by atoms with E-state index in [9.17, 15) is 8.78 Å². The number of methoxy groups -OCH3 is 1. The monoisotopic (exact) mass is 290 g/mol. The van der Waals surface area contributed by atoms with Crippen molar-refractivity contribution in [1.29, 1.82) is 5.26 Å². The van der Waals surface area contributed by atoms with Gasteiger partial charge in [-0.15, -0.1) is 0 Å². The minimum Gasteiger partial charge on any atom is -0.495 e. The Morgan fingerprint density at radius 3 is 2.75 bits per heavy atom. The molecule has 0 unspecified atom stereocenters. The highest BCUT2D eigenvalue weighted by atomic mass is 79.9. The van der Waals surface area contributed by atoms with E-state index in [4.69, 9.17) is 10.00 Å². The van der Waals surface area contributed by atoms with Crippen molar-refractivity contribution in [3.8, 4) is 11.8 Å². The lowest BCUT2D eigenvalue weighted by molar-refractivity contribution is 0.144. The molecule has 16 heavy (non-hydrogen) atoms. The molecule has 0 N–H and O–H groups in total. The molecule has 0 fully saturated rings. The van der Waals surface area contributed by atoms with E-state index in [1.54, 1.807) is 0 Å². The van der Waals surface area contributed by atoms with Crippen molar-refractivity contribution in [2.75, 3.05) is 7.11 Å². The third kappa shape index (κ3) is 2.67. The van der Waals surface area contributed by atoms with Gasteiger partial charge in [0.05, 0.1) is 25.3 Å². The van der Waals surface area contributed by atoms with Crippen molar-refractivity contribution in [3.63, 3.8) is 0 Å². The summed E-state index contributed by atoms with van der Waals surface area (Å²) in [6, 6.07) is 3.35. The predicted molar refractivity (Wildman–Crippen MR) is 57.7 cm³/mol. The van der Waals surface area contributed by atoms with Gasteiger partial charge in [-0.3, -0.25) is 0 Å². The summed E-state index contributed by atoms with van der Waals surface area (Å²) in [4.78, 5) is 3.78. The van der Waals surface area contributed by atoms with E-state index in [0.29, 0.717) is 11.3 Å². The highest BCUT2D eigenvalue weighted by Gasteiger charge is 2.18. The molecule has 0 aliphatic rings. The summed E-state index contributed by atoms with van der Waals surface area (Å²) in [5, 5.41) is 8.82. The van der Waals surface area contributed by atoms with Crippen LogP contribution in [0.2, 0.25) is 0 Å². The van der Waals surface area contributed by atoms with Crippen molar-refractivity contribution < 1.29 is 13.5 Å². The Balaban J connectivity index is 3.30. The van der Waals surface area contributed by atoms with Crippen LogP contribution in [-0.2, 0) is 11.8 Å².